The van der Waals surface area contributed by atoms with Crippen molar-refractivity contribution in [2.45, 2.75) is 71.4 Å². The van der Waals surface area contributed by atoms with Crippen molar-refractivity contribution < 1.29 is 38.8 Å². The molecule has 2 aromatic rings. The van der Waals surface area contributed by atoms with Crippen LogP contribution in [0.5, 0.6) is 0 Å². The Bertz CT molecular complexity index is 1350. The van der Waals surface area contributed by atoms with E-state index in [1.54, 1.807) is 18.2 Å². The molecule has 3 heterocycles. The van der Waals surface area contributed by atoms with Crippen LogP contribution in [0.2, 0.25) is 6.32 Å². The summed E-state index contributed by atoms with van der Waals surface area (Å²) in [5, 5.41) is 39.4. The van der Waals surface area contributed by atoms with Crippen molar-refractivity contribution >= 4 is 43.3 Å². The molecular formula is C30H37B2NO8. The molecule has 11 heteroatoms. The highest BCUT2D eigenvalue weighted by Crippen LogP contribution is 2.51. The van der Waals surface area contributed by atoms with Gasteiger partial charge in [-0.15, -0.1) is 0 Å². The molecule has 3 aliphatic rings. The minimum Gasteiger partial charge on any atom is -0.459 e. The fourth-order valence-corrected chi connectivity index (χ4v) is 6.85. The Morgan fingerprint density at radius 3 is 2.61 bits per heavy atom. The summed E-state index contributed by atoms with van der Waals surface area (Å²) in [4.78, 5) is 28.7. The third-order valence-electron chi connectivity index (χ3n) is 8.64. The number of fused-ring (bicyclic) bond motifs is 3. The van der Waals surface area contributed by atoms with Gasteiger partial charge in [0.1, 0.15) is 18.1 Å². The van der Waals surface area contributed by atoms with E-state index >= 15 is 0 Å². The summed E-state index contributed by atoms with van der Waals surface area (Å²) in [6.07, 6.45) is 6.17. The lowest BCUT2D eigenvalue weighted by Crippen LogP contribution is -2.46. The molecule has 2 amide bonds. The smallest absolute Gasteiger partial charge is 0.459 e. The molecule has 4 atom stereocenters. The van der Waals surface area contributed by atoms with Crippen LogP contribution >= 0.6 is 0 Å². The summed E-state index contributed by atoms with van der Waals surface area (Å²) in [5.74, 6) is -0.882. The summed E-state index contributed by atoms with van der Waals surface area (Å²) in [6, 6.07) is 9.79. The predicted molar refractivity (Wildman–Crippen MR) is 156 cm³/mol. The highest BCUT2D eigenvalue weighted by molar-refractivity contribution is 6.58. The van der Waals surface area contributed by atoms with E-state index in [0.29, 0.717) is 42.9 Å². The highest BCUT2D eigenvalue weighted by atomic mass is 16.5. The molecule has 41 heavy (non-hydrogen) atoms. The number of carbonyl (C=O) groups excluding carboxylic acids is 2. The lowest BCUT2D eigenvalue weighted by atomic mass is 9.58. The van der Waals surface area contributed by atoms with E-state index in [0.717, 1.165) is 24.0 Å². The number of rotatable bonds is 10. The average Bonchev–Trinajstić information content (AvgIpc) is 3.52. The minimum absolute atomic E-state index is 0.157. The highest BCUT2D eigenvalue weighted by Gasteiger charge is 2.57. The van der Waals surface area contributed by atoms with Crippen LogP contribution in [0.25, 0.3) is 6.08 Å². The van der Waals surface area contributed by atoms with Crippen molar-refractivity contribution in [1.29, 1.82) is 0 Å². The summed E-state index contributed by atoms with van der Waals surface area (Å²) >= 11 is 0. The van der Waals surface area contributed by atoms with Crippen molar-refractivity contribution in [2.24, 2.45) is 17.8 Å². The number of nitrogens with zero attached hydrogens (tertiary/aromatic N) is 1. The monoisotopic (exact) mass is 561 g/mol. The van der Waals surface area contributed by atoms with E-state index < -0.39 is 26.1 Å². The first-order valence-electron chi connectivity index (χ1n) is 14.5. The molecular weight excluding hydrogens is 524 g/mol. The van der Waals surface area contributed by atoms with E-state index in [4.69, 9.17) is 9.07 Å². The number of benzene rings is 1. The Morgan fingerprint density at radius 1 is 1.12 bits per heavy atom. The second-order valence-corrected chi connectivity index (χ2v) is 11.2. The van der Waals surface area contributed by atoms with Gasteiger partial charge in [0.2, 0.25) is 11.8 Å². The van der Waals surface area contributed by atoms with E-state index in [1.807, 2.05) is 19.1 Å². The van der Waals surface area contributed by atoms with E-state index in [1.165, 1.54) is 22.6 Å². The third-order valence-corrected chi connectivity index (χ3v) is 8.64. The zero-order valence-corrected chi connectivity index (χ0v) is 23.5. The lowest BCUT2D eigenvalue weighted by molar-refractivity contribution is -0.122. The third kappa shape index (κ3) is 5.87. The Balaban J connectivity index is 1.42. The van der Waals surface area contributed by atoms with Crippen LogP contribution in [0.1, 0.15) is 63.9 Å². The molecule has 1 aliphatic carbocycles. The van der Waals surface area contributed by atoms with Gasteiger partial charge in [0.05, 0.1) is 23.6 Å². The van der Waals surface area contributed by atoms with Gasteiger partial charge >= 0.3 is 14.2 Å². The first-order chi connectivity index (χ1) is 19.7. The summed E-state index contributed by atoms with van der Waals surface area (Å²) in [6.45, 7) is 4.00. The average molecular weight is 561 g/mol. The summed E-state index contributed by atoms with van der Waals surface area (Å²) < 4.78 is 11.8. The molecule has 0 unspecified atom stereocenters. The fourth-order valence-electron chi connectivity index (χ4n) is 6.85. The first kappa shape index (κ1) is 29.5. The van der Waals surface area contributed by atoms with Crippen LogP contribution in [0.15, 0.2) is 57.5 Å². The lowest BCUT2D eigenvalue weighted by Gasteiger charge is -2.43. The second kappa shape index (κ2) is 12.5. The Kier molecular flexibility index (Phi) is 9.01. The normalized spacial score (nSPS) is 24.7. The van der Waals surface area contributed by atoms with Crippen molar-refractivity contribution in [3.8, 4) is 0 Å². The molecule has 216 valence electrons. The number of hydrogen-bond acceptors (Lipinski definition) is 8. The summed E-state index contributed by atoms with van der Waals surface area (Å²) in [7, 11) is -2.77. The van der Waals surface area contributed by atoms with Gasteiger partial charge in [-0.2, -0.15) is 0 Å². The van der Waals surface area contributed by atoms with Crippen LogP contribution in [0, 0.1) is 17.8 Å². The maximum absolute atomic E-state index is 13.9. The van der Waals surface area contributed by atoms with Gasteiger partial charge in [0.25, 0.3) is 0 Å². The number of aliphatic hydroxyl groups excluding tert-OH is 1. The number of anilines is 1. The van der Waals surface area contributed by atoms with Gasteiger partial charge in [0.15, 0.2) is 0 Å². The molecule has 0 radical (unpaired) electrons. The van der Waals surface area contributed by atoms with Crippen molar-refractivity contribution in [2.75, 3.05) is 4.90 Å². The quantitative estimate of drug-likeness (QED) is 0.197. The van der Waals surface area contributed by atoms with Crippen molar-refractivity contribution in [3.05, 3.63) is 64.6 Å². The Labute approximate surface area is 240 Å². The van der Waals surface area contributed by atoms with E-state index in [-0.39, 0.29) is 42.2 Å². The van der Waals surface area contributed by atoms with Gasteiger partial charge in [-0.3, -0.25) is 14.5 Å². The van der Waals surface area contributed by atoms with Gasteiger partial charge in [-0.1, -0.05) is 43.5 Å². The number of carbonyl (C=O) groups is 2. The maximum Gasteiger partial charge on any atom is 0.488 e. The van der Waals surface area contributed by atoms with Crippen LogP contribution in [0.3, 0.4) is 0 Å². The van der Waals surface area contributed by atoms with Gasteiger partial charge in [-0.25, -0.2) is 0 Å². The molecule has 0 bridgehead atoms. The predicted octanol–water partition coefficient (Wildman–Crippen LogP) is 2.83. The van der Waals surface area contributed by atoms with E-state index in [2.05, 4.69) is 6.92 Å². The van der Waals surface area contributed by atoms with Crippen LogP contribution in [-0.4, -0.2) is 52.3 Å². The van der Waals surface area contributed by atoms with Crippen molar-refractivity contribution in [3.63, 3.8) is 0 Å². The Hall–Kier alpha value is -2.95. The summed E-state index contributed by atoms with van der Waals surface area (Å²) in [5.41, 5.74) is 3.84. The molecule has 2 aliphatic heterocycles. The number of allylic oxidation sites excluding steroid dienone is 2. The minimum atomic E-state index is -1.72. The number of imide groups is 1. The van der Waals surface area contributed by atoms with Gasteiger partial charge in [0, 0.05) is 0 Å². The largest absolute Gasteiger partial charge is 0.488 e. The molecule has 1 aromatic carbocycles. The molecule has 0 spiro atoms. The standard InChI is InChI=1S/C30H37B2NO8/c1-3-6-18(13-22-10-11-23(17-34)40-22)9-12-26-27-19(4-2)14-24-28(25(27)16-31(37)41-26)30(36)33(29(24)35)21-8-5-7-20(15-21)32(38)39/h5,7-8,10-11,13,15,24-26,28,34,37-39H,3-4,6,9,12,14,16-17H2,1-2H3/b18-13+/t24-,25+,26-,28-/m1/s1. The number of hydrogen-bond donors (Lipinski definition) is 4. The number of aliphatic hydroxyl groups is 1. The second-order valence-electron chi connectivity index (χ2n) is 11.2. The van der Waals surface area contributed by atoms with E-state index in [9.17, 15) is 29.8 Å². The van der Waals surface area contributed by atoms with Crippen molar-refractivity contribution in [1.82, 2.24) is 0 Å². The number of amides is 2. The molecule has 2 fully saturated rings. The first-order valence-corrected chi connectivity index (χ1v) is 14.5. The molecule has 1 aromatic heterocycles. The Morgan fingerprint density at radius 2 is 1.93 bits per heavy atom. The van der Waals surface area contributed by atoms with Gasteiger partial charge in [-0.05, 0) is 85.7 Å². The molecule has 2 saturated heterocycles. The molecule has 9 nitrogen and oxygen atoms in total. The van der Waals surface area contributed by atoms with Crippen LogP contribution in [-0.2, 0) is 20.9 Å². The molecule has 5 rings (SSSR count). The van der Waals surface area contributed by atoms with Crippen LogP contribution < -0.4 is 10.4 Å². The van der Waals surface area contributed by atoms with Gasteiger partial charge < -0.3 is 29.3 Å². The fraction of sp³-hybridized carbons (Fsp3) is 0.467. The molecule has 0 saturated carbocycles. The zero-order chi connectivity index (χ0) is 29.3. The molecule has 4 N–H and O–H groups in total. The maximum atomic E-state index is 13.9. The zero-order valence-electron chi connectivity index (χ0n) is 23.5. The SMILES string of the molecule is CCC/C(=C\c1ccc(CO)o1)CC[C@H]1OB(O)C[C@H]2C1=C(CC)C[C@H]1C(=O)N(c3cccc(B(O)O)c3)C(=O)[C@H]12. The van der Waals surface area contributed by atoms with Crippen LogP contribution in [0.4, 0.5) is 5.69 Å². The number of furan rings is 1. The topological polar surface area (TPSA) is 141 Å².